The Morgan fingerprint density at radius 3 is 2.56 bits per heavy atom. The highest BCUT2D eigenvalue weighted by atomic mass is 19.1. The van der Waals surface area contributed by atoms with Crippen molar-refractivity contribution in [2.24, 2.45) is 0 Å². The summed E-state index contributed by atoms with van der Waals surface area (Å²) in [6.07, 6.45) is 2.20. The number of benzene rings is 1. The lowest BCUT2D eigenvalue weighted by Gasteiger charge is -2.27. The van der Waals surface area contributed by atoms with Crippen molar-refractivity contribution in [1.29, 1.82) is 0 Å². The maximum absolute atomic E-state index is 13.3. The fourth-order valence-electron chi connectivity index (χ4n) is 2.39. The molecule has 0 radical (unpaired) electrons. The number of hydrogen-bond acceptors (Lipinski definition) is 2. The van der Waals surface area contributed by atoms with Crippen LogP contribution in [-0.2, 0) is 0 Å². The first-order chi connectivity index (χ1) is 7.68. The molecule has 1 heterocycles. The van der Waals surface area contributed by atoms with Gasteiger partial charge >= 0.3 is 0 Å². The summed E-state index contributed by atoms with van der Waals surface area (Å²) in [6.45, 7) is 2.07. The highest BCUT2D eigenvalue weighted by molar-refractivity contribution is 5.54. The number of rotatable bonds is 2. The maximum atomic E-state index is 13.3. The lowest BCUT2D eigenvalue weighted by atomic mass is 9.89. The summed E-state index contributed by atoms with van der Waals surface area (Å²) in [4.78, 5) is 2.07. The molecule has 1 N–H and O–H groups in total. The van der Waals surface area contributed by atoms with Crippen LogP contribution in [0.2, 0.25) is 0 Å². The summed E-state index contributed by atoms with van der Waals surface area (Å²) in [5.41, 5.74) is 2.31. The van der Waals surface area contributed by atoms with Crippen LogP contribution in [0.4, 0.5) is 10.1 Å². The summed E-state index contributed by atoms with van der Waals surface area (Å²) >= 11 is 0. The number of halogens is 1. The van der Waals surface area contributed by atoms with Gasteiger partial charge in [0.1, 0.15) is 5.82 Å². The van der Waals surface area contributed by atoms with E-state index in [0.717, 1.165) is 37.2 Å². The van der Waals surface area contributed by atoms with Crippen LogP contribution in [0, 0.1) is 5.82 Å². The van der Waals surface area contributed by atoms with Crippen molar-refractivity contribution in [3.63, 3.8) is 0 Å². The van der Waals surface area contributed by atoms with E-state index in [1.807, 2.05) is 20.2 Å². The minimum Gasteiger partial charge on any atom is -0.377 e. The van der Waals surface area contributed by atoms with Crippen molar-refractivity contribution in [3.05, 3.63) is 29.6 Å². The smallest absolute Gasteiger partial charge is 0.123 e. The third kappa shape index (κ3) is 2.35. The number of nitrogens with zero attached hydrogens (tertiary/aromatic N) is 1. The van der Waals surface area contributed by atoms with Gasteiger partial charge in [-0.05, 0) is 55.6 Å². The van der Waals surface area contributed by atoms with Gasteiger partial charge < -0.3 is 10.2 Å². The van der Waals surface area contributed by atoms with Gasteiger partial charge in [0.25, 0.3) is 0 Å². The van der Waals surface area contributed by atoms with Crippen molar-refractivity contribution in [2.45, 2.75) is 18.8 Å². The zero-order chi connectivity index (χ0) is 11.5. The van der Waals surface area contributed by atoms with E-state index >= 15 is 0 Å². The molecule has 1 aromatic rings. The predicted molar refractivity (Wildman–Crippen MR) is 65.6 cm³/mol. The van der Waals surface area contributed by atoms with Crippen molar-refractivity contribution in [3.8, 4) is 0 Å². The lowest BCUT2D eigenvalue weighted by Crippen LogP contribution is -2.27. The standard InChI is InChI=1S/C13H19FN2/c1-16(2)13-4-3-11(14)9-12(13)10-5-7-15-8-6-10/h3-4,9-10,15H,5-8H2,1-2H3. The second kappa shape index (κ2) is 4.83. The molecule has 1 aromatic carbocycles. The Balaban J connectivity index is 2.32. The zero-order valence-corrected chi connectivity index (χ0v) is 9.96. The summed E-state index contributed by atoms with van der Waals surface area (Å²) in [5, 5.41) is 3.34. The molecule has 0 spiro atoms. The van der Waals surface area contributed by atoms with E-state index in [1.54, 1.807) is 12.1 Å². The van der Waals surface area contributed by atoms with Crippen molar-refractivity contribution in [2.75, 3.05) is 32.1 Å². The third-order valence-electron chi connectivity index (χ3n) is 3.25. The molecule has 0 amide bonds. The molecule has 0 saturated carbocycles. The van der Waals surface area contributed by atoms with Gasteiger partial charge in [-0.3, -0.25) is 0 Å². The van der Waals surface area contributed by atoms with Gasteiger partial charge in [0, 0.05) is 19.8 Å². The van der Waals surface area contributed by atoms with E-state index in [1.165, 1.54) is 0 Å². The van der Waals surface area contributed by atoms with E-state index in [4.69, 9.17) is 0 Å². The van der Waals surface area contributed by atoms with Crippen LogP contribution in [0.15, 0.2) is 18.2 Å². The van der Waals surface area contributed by atoms with Gasteiger partial charge in [-0.1, -0.05) is 0 Å². The number of anilines is 1. The van der Waals surface area contributed by atoms with Gasteiger partial charge in [-0.15, -0.1) is 0 Å². The Kier molecular flexibility index (Phi) is 3.44. The van der Waals surface area contributed by atoms with Gasteiger partial charge in [0.05, 0.1) is 0 Å². The average molecular weight is 222 g/mol. The van der Waals surface area contributed by atoms with E-state index in [0.29, 0.717) is 5.92 Å². The third-order valence-corrected chi connectivity index (χ3v) is 3.25. The highest BCUT2D eigenvalue weighted by Crippen LogP contribution is 2.32. The molecule has 0 unspecified atom stereocenters. The predicted octanol–water partition coefficient (Wildman–Crippen LogP) is 2.36. The normalized spacial score (nSPS) is 17.4. The zero-order valence-electron chi connectivity index (χ0n) is 9.96. The minimum absolute atomic E-state index is 0.126. The molecule has 2 nitrogen and oxygen atoms in total. The van der Waals surface area contributed by atoms with Crippen LogP contribution in [0.5, 0.6) is 0 Å². The Labute approximate surface area is 96.5 Å². The molecular formula is C13H19FN2. The molecule has 2 rings (SSSR count). The Morgan fingerprint density at radius 2 is 1.94 bits per heavy atom. The first-order valence-electron chi connectivity index (χ1n) is 5.86. The second-order valence-electron chi connectivity index (χ2n) is 4.62. The maximum Gasteiger partial charge on any atom is 0.123 e. The number of nitrogens with one attached hydrogen (secondary N) is 1. The molecule has 1 aliphatic rings. The Bertz CT molecular complexity index is 357. The molecule has 1 fully saturated rings. The highest BCUT2D eigenvalue weighted by Gasteiger charge is 2.19. The topological polar surface area (TPSA) is 15.3 Å². The van der Waals surface area contributed by atoms with E-state index in [2.05, 4.69) is 10.2 Å². The second-order valence-corrected chi connectivity index (χ2v) is 4.62. The van der Waals surface area contributed by atoms with Gasteiger partial charge in [-0.25, -0.2) is 4.39 Å². The number of hydrogen-bond donors (Lipinski definition) is 1. The van der Waals surface area contributed by atoms with Crippen LogP contribution in [-0.4, -0.2) is 27.2 Å². The molecule has 0 bridgehead atoms. The molecule has 0 atom stereocenters. The lowest BCUT2D eigenvalue weighted by molar-refractivity contribution is 0.458. The Morgan fingerprint density at radius 1 is 1.25 bits per heavy atom. The molecule has 1 aliphatic heterocycles. The molecule has 0 aliphatic carbocycles. The average Bonchev–Trinajstić information content (AvgIpc) is 2.29. The summed E-state index contributed by atoms with van der Waals surface area (Å²) in [6, 6.07) is 5.12. The van der Waals surface area contributed by atoms with Crippen LogP contribution in [0.1, 0.15) is 24.3 Å². The molecule has 16 heavy (non-hydrogen) atoms. The van der Waals surface area contributed by atoms with Gasteiger partial charge in [0.15, 0.2) is 0 Å². The van der Waals surface area contributed by atoms with E-state index in [9.17, 15) is 4.39 Å². The van der Waals surface area contributed by atoms with Crippen molar-refractivity contribution in [1.82, 2.24) is 5.32 Å². The SMILES string of the molecule is CN(C)c1ccc(F)cc1C1CCNCC1. The summed E-state index contributed by atoms with van der Waals surface area (Å²) in [7, 11) is 4.02. The van der Waals surface area contributed by atoms with E-state index < -0.39 is 0 Å². The van der Waals surface area contributed by atoms with E-state index in [-0.39, 0.29) is 5.82 Å². The first-order valence-corrected chi connectivity index (χ1v) is 5.86. The largest absolute Gasteiger partial charge is 0.377 e. The fourth-order valence-corrected chi connectivity index (χ4v) is 2.39. The quantitative estimate of drug-likeness (QED) is 0.826. The first kappa shape index (κ1) is 11.4. The summed E-state index contributed by atoms with van der Waals surface area (Å²) in [5.74, 6) is 0.369. The van der Waals surface area contributed by atoms with Crippen LogP contribution in [0.25, 0.3) is 0 Å². The van der Waals surface area contributed by atoms with Gasteiger partial charge in [0.2, 0.25) is 0 Å². The summed E-state index contributed by atoms with van der Waals surface area (Å²) < 4.78 is 13.3. The molecular weight excluding hydrogens is 203 g/mol. The van der Waals surface area contributed by atoms with Crippen LogP contribution >= 0.6 is 0 Å². The number of piperidine rings is 1. The molecule has 0 aromatic heterocycles. The van der Waals surface area contributed by atoms with Crippen LogP contribution < -0.4 is 10.2 Å². The van der Waals surface area contributed by atoms with Crippen molar-refractivity contribution >= 4 is 5.69 Å². The minimum atomic E-state index is -0.126. The Hall–Kier alpha value is -1.09. The molecule has 1 saturated heterocycles. The fraction of sp³-hybridized carbons (Fsp3) is 0.538. The molecule has 88 valence electrons. The van der Waals surface area contributed by atoms with Crippen LogP contribution in [0.3, 0.4) is 0 Å². The van der Waals surface area contributed by atoms with Gasteiger partial charge in [-0.2, -0.15) is 0 Å². The monoisotopic (exact) mass is 222 g/mol. The molecule has 3 heteroatoms. The van der Waals surface area contributed by atoms with Crippen molar-refractivity contribution < 1.29 is 4.39 Å².